The summed E-state index contributed by atoms with van der Waals surface area (Å²) in [5, 5.41) is 6.81. The molecule has 1 saturated heterocycles. The fraction of sp³-hybridized carbons (Fsp3) is 0.381. The van der Waals surface area contributed by atoms with Crippen LogP contribution in [0.5, 0.6) is 0 Å². The fourth-order valence-electron chi connectivity index (χ4n) is 4.08. The van der Waals surface area contributed by atoms with Crippen LogP contribution < -0.4 is 5.32 Å². The number of imidazole rings is 1. The van der Waals surface area contributed by atoms with Crippen molar-refractivity contribution >= 4 is 32.7 Å². The van der Waals surface area contributed by atoms with E-state index in [1.54, 1.807) is 18.5 Å². The molecule has 1 N–H and O–H groups in total. The van der Waals surface area contributed by atoms with E-state index in [4.69, 9.17) is 0 Å². The van der Waals surface area contributed by atoms with Gasteiger partial charge in [0.25, 0.3) is 10.0 Å². The summed E-state index contributed by atoms with van der Waals surface area (Å²) in [6.07, 6.45) is 6.27. The molecular weight excluding hydrogens is 442 g/mol. The lowest BCUT2D eigenvalue weighted by molar-refractivity contribution is 0.230. The van der Waals surface area contributed by atoms with Crippen LogP contribution in [0.2, 0.25) is 0 Å². The summed E-state index contributed by atoms with van der Waals surface area (Å²) in [6.45, 7) is 7.21. The Morgan fingerprint density at radius 3 is 2.64 bits per heavy atom. The van der Waals surface area contributed by atoms with Crippen molar-refractivity contribution in [3.8, 4) is 11.4 Å². The first-order valence-corrected chi connectivity index (χ1v) is 12.2. The summed E-state index contributed by atoms with van der Waals surface area (Å²) in [4.78, 5) is 19.8. The number of rotatable bonds is 6. The van der Waals surface area contributed by atoms with E-state index in [2.05, 4.69) is 48.8 Å². The van der Waals surface area contributed by atoms with Crippen LogP contribution in [0.15, 0.2) is 36.9 Å². The Morgan fingerprint density at radius 1 is 1.12 bits per heavy atom. The molecule has 0 aromatic carbocycles. The quantitative estimate of drug-likeness (QED) is 0.454. The molecule has 172 valence electrons. The lowest BCUT2D eigenvalue weighted by Gasteiger charge is -2.34. The van der Waals surface area contributed by atoms with Crippen LogP contribution in [0.25, 0.3) is 22.4 Å². The zero-order chi connectivity index (χ0) is 23.3. The van der Waals surface area contributed by atoms with Crippen molar-refractivity contribution < 1.29 is 8.42 Å². The lowest BCUT2D eigenvalue weighted by atomic mass is 10.2. The Kier molecular flexibility index (Phi) is 5.13. The van der Waals surface area contributed by atoms with Crippen LogP contribution in [0.1, 0.15) is 25.7 Å². The monoisotopic (exact) mass is 467 g/mol. The Morgan fingerprint density at radius 2 is 1.91 bits per heavy atom. The Bertz CT molecular complexity index is 1440. The van der Waals surface area contributed by atoms with Gasteiger partial charge in [-0.25, -0.2) is 28.4 Å². The molecule has 0 spiro atoms. The van der Waals surface area contributed by atoms with E-state index in [9.17, 15) is 8.42 Å². The van der Waals surface area contributed by atoms with Gasteiger partial charge < -0.3 is 14.8 Å². The lowest BCUT2D eigenvalue weighted by Crippen LogP contribution is -2.53. The highest BCUT2D eigenvalue weighted by Gasteiger charge is 2.37. The number of nitrogens with one attached hydrogen (secondary N) is 1. The Balaban J connectivity index is 1.40. The molecule has 4 aromatic rings. The van der Waals surface area contributed by atoms with E-state index in [0.717, 1.165) is 20.9 Å². The van der Waals surface area contributed by atoms with Gasteiger partial charge in [0.2, 0.25) is 0 Å². The number of hydrogen-bond acceptors (Lipinski definition) is 9. The molecule has 1 fully saturated rings. The van der Waals surface area contributed by atoms with Gasteiger partial charge in [0.1, 0.15) is 28.2 Å². The minimum Gasteiger partial charge on any atom is -0.326 e. The third-order valence-corrected chi connectivity index (χ3v) is 7.57. The Hall–Kier alpha value is -3.38. The van der Waals surface area contributed by atoms with Crippen molar-refractivity contribution in [3.63, 3.8) is 0 Å². The first-order valence-electron chi connectivity index (χ1n) is 10.6. The molecule has 1 aliphatic heterocycles. The van der Waals surface area contributed by atoms with E-state index >= 15 is 0 Å². The van der Waals surface area contributed by atoms with Gasteiger partial charge in [-0.15, -0.1) is 0 Å². The van der Waals surface area contributed by atoms with E-state index < -0.39 is 15.3 Å². The summed E-state index contributed by atoms with van der Waals surface area (Å²) in [5.74, 6) is 2.47. The Labute approximate surface area is 191 Å². The number of aromatic nitrogens is 7. The maximum Gasteiger partial charge on any atom is 0.259 e. The highest BCUT2D eigenvalue weighted by atomic mass is 32.2. The number of likely N-dealkylation sites (tertiary alicyclic amines) is 1. The van der Waals surface area contributed by atoms with Gasteiger partial charge in [0.05, 0.1) is 29.7 Å². The fourth-order valence-corrected chi connectivity index (χ4v) is 5.71. The number of aryl methyl sites for hydroxylation is 1. The summed E-state index contributed by atoms with van der Waals surface area (Å²) >= 11 is 0. The molecular formula is C21H25N9O2S. The predicted molar refractivity (Wildman–Crippen MR) is 125 cm³/mol. The van der Waals surface area contributed by atoms with E-state index in [-0.39, 0.29) is 6.04 Å². The molecule has 11 nitrogen and oxygen atoms in total. The molecule has 33 heavy (non-hydrogen) atoms. The maximum absolute atomic E-state index is 12.7. The second-order valence-corrected chi connectivity index (χ2v) is 10.6. The van der Waals surface area contributed by atoms with Gasteiger partial charge >= 0.3 is 0 Å². The minimum atomic E-state index is -3.54. The molecule has 0 unspecified atom stereocenters. The van der Waals surface area contributed by atoms with E-state index in [1.807, 2.05) is 24.9 Å². The summed E-state index contributed by atoms with van der Waals surface area (Å²) in [6, 6.07) is 3.94. The van der Waals surface area contributed by atoms with Crippen LogP contribution in [0, 0.1) is 6.92 Å². The van der Waals surface area contributed by atoms with Crippen molar-refractivity contribution in [1.82, 2.24) is 38.6 Å². The molecule has 0 bridgehead atoms. The first-order chi connectivity index (χ1) is 15.7. The van der Waals surface area contributed by atoms with Crippen LogP contribution >= 0.6 is 0 Å². The number of fused-ring (bicyclic) bond motifs is 1. The molecule has 12 heteroatoms. The minimum absolute atomic E-state index is 0.268. The largest absolute Gasteiger partial charge is 0.326 e. The standard InChI is InChI=1S/C21H25N9O2S/c1-13(2)30-14(3)25-17-9-23-20(7-18(17)30)26-19-5-6-22-21(27-19)15-8-24-29(10-15)33(31,32)16-11-28(4)12-16/h5-10,13,16H,11-12H2,1-4H3,(H,22,23,26,27). The third kappa shape index (κ3) is 3.85. The van der Waals surface area contributed by atoms with Gasteiger partial charge in [0, 0.05) is 31.4 Å². The van der Waals surface area contributed by atoms with Crippen LogP contribution in [-0.4, -0.2) is 72.4 Å². The summed E-state index contributed by atoms with van der Waals surface area (Å²) in [5.41, 5.74) is 2.34. The number of anilines is 2. The number of hydrogen-bond donors (Lipinski definition) is 1. The second kappa shape index (κ2) is 7.89. The normalized spacial score (nSPS) is 15.3. The topological polar surface area (TPSA) is 124 Å². The SMILES string of the molecule is Cc1nc2cnc(Nc3ccnc(-c4cnn(S(=O)(=O)C5CN(C)C5)c4)n3)cc2n1C(C)C. The maximum atomic E-state index is 12.7. The van der Waals surface area contributed by atoms with Crippen LogP contribution in [0.3, 0.4) is 0 Å². The highest BCUT2D eigenvalue weighted by Crippen LogP contribution is 2.25. The van der Waals surface area contributed by atoms with Gasteiger partial charge in [-0.1, -0.05) is 0 Å². The zero-order valence-electron chi connectivity index (χ0n) is 18.8. The number of nitrogens with zero attached hydrogens (tertiary/aromatic N) is 8. The van der Waals surface area contributed by atoms with Crippen molar-refractivity contribution in [2.24, 2.45) is 0 Å². The smallest absolute Gasteiger partial charge is 0.259 e. The summed E-state index contributed by atoms with van der Waals surface area (Å²) < 4.78 is 28.6. The van der Waals surface area contributed by atoms with Crippen molar-refractivity contribution in [3.05, 3.63) is 42.7 Å². The van der Waals surface area contributed by atoms with E-state index in [0.29, 0.717) is 36.1 Å². The number of pyridine rings is 1. The van der Waals surface area contributed by atoms with Crippen molar-refractivity contribution in [1.29, 1.82) is 0 Å². The molecule has 5 rings (SSSR count). The molecule has 0 saturated carbocycles. The highest BCUT2D eigenvalue weighted by molar-refractivity contribution is 7.90. The van der Waals surface area contributed by atoms with Crippen molar-refractivity contribution in [2.45, 2.75) is 32.1 Å². The third-order valence-electron chi connectivity index (χ3n) is 5.71. The van der Waals surface area contributed by atoms with Gasteiger partial charge in [0.15, 0.2) is 5.82 Å². The van der Waals surface area contributed by atoms with Gasteiger partial charge in [-0.3, -0.25) is 0 Å². The average molecular weight is 468 g/mol. The first kappa shape index (κ1) is 21.5. The molecule has 0 amide bonds. The van der Waals surface area contributed by atoms with Crippen LogP contribution in [-0.2, 0) is 10.0 Å². The molecule has 0 atom stereocenters. The second-order valence-electron chi connectivity index (χ2n) is 8.56. The summed E-state index contributed by atoms with van der Waals surface area (Å²) in [7, 11) is -1.65. The van der Waals surface area contributed by atoms with Crippen molar-refractivity contribution in [2.75, 3.05) is 25.5 Å². The predicted octanol–water partition coefficient (Wildman–Crippen LogP) is 2.21. The molecule has 0 aliphatic carbocycles. The average Bonchev–Trinajstić information content (AvgIpc) is 3.36. The van der Waals surface area contributed by atoms with Crippen LogP contribution in [0.4, 0.5) is 11.6 Å². The molecule has 4 aromatic heterocycles. The van der Waals surface area contributed by atoms with Gasteiger partial charge in [-0.05, 0) is 33.9 Å². The zero-order valence-corrected chi connectivity index (χ0v) is 19.7. The van der Waals surface area contributed by atoms with Gasteiger partial charge in [-0.2, -0.15) is 9.19 Å². The molecule has 5 heterocycles. The molecule has 0 radical (unpaired) electrons. The van der Waals surface area contributed by atoms with E-state index in [1.165, 1.54) is 12.4 Å². The molecule has 1 aliphatic rings.